The third-order valence-corrected chi connectivity index (χ3v) is 3.88. The van der Waals surface area contributed by atoms with Crippen molar-refractivity contribution >= 4 is 11.9 Å². The molecule has 1 aliphatic heterocycles. The molecule has 0 saturated carbocycles. The number of hydrogen-bond donors (Lipinski definition) is 1. The largest absolute Gasteiger partial charge is 0.497 e. The molecule has 1 aromatic rings. The number of hydrogen-bond acceptors (Lipinski definition) is 3. The van der Waals surface area contributed by atoms with Crippen LogP contribution in [0.3, 0.4) is 0 Å². The minimum Gasteiger partial charge on any atom is -0.497 e. The monoisotopic (exact) mass is 291 g/mol. The summed E-state index contributed by atoms with van der Waals surface area (Å²) in [6.45, 7) is 2.94. The SMILES string of the molecule is COc1ccc(CC(=O)N2CC(C)CC(C(=O)O)C2)cc1. The number of carboxylic acid groups (broad SMARTS) is 1. The van der Waals surface area contributed by atoms with Crippen molar-refractivity contribution in [3.05, 3.63) is 29.8 Å². The summed E-state index contributed by atoms with van der Waals surface area (Å²) in [5, 5.41) is 9.15. The van der Waals surface area contributed by atoms with Crippen LogP contribution in [0.1, 0.15) is 18.9 Å². The summed E-state index contributed by atoms with van der Waals surface area (Å²) in [6, 6.07) is 7.36. The van der Waals surface area contributed by atoms with Crippen molar-refractivity contribution < 1.29 is 19.4 Å². The Labute approximate surface area is 124 Å². The number of carboxylic acids is 1. The molecular formula is C16H21NO4. The molecule has 2 unspecified atom stereocenters. The first-order valence-corrected chi connectivity index (χ1v) is 7.13. The number of carbonyl (C=O) groups excluding carboxylic acids is 1. The quantitative estimate of drug-likeness (QED) is 0.918. The van der Waals surface area contributed by atoms with E-state index in [9.17, 15) is 9.59 Å². The van der Waals surface area contributed by atoms with Gasteiger partial charge in [0.1, 0.15) is 5.75 Å². The first-order chi connectivity index (χ1) is 9.99. The van der Waals surface area contributed by atoms with Crippen LogP contribution in [0.15, 0.2) is 24.3 Å². The number of ether oxygens (including phenoxy) is 1. The number of amides is 1. The van der Waals surface area contributed by atoms with Crippen LogP contribution in [-0.2, 0) is 16.0 Å². The summed E-state index contributed by atoms with van der Waals surface area (Å²) < 4.78 is 5.08. The van der Waals surface area contributed by atoms with Crippen LogP contribution in [0.25, 0.3) is 0 Å². The lowest BCUT2D eigenvalue weighted by Crippen LogP contribution is -2.46. The highest BCUT2D eigenvalue weighted by molar-refractivity contribution is 5.80. The van der Waals surface area contributed by atoms with Crippen LogP contribution >= 0.6 is 0 Å². The zero-order chi connectivity index (χ0) is 15.4. The number of piperidine rings is 1. The maximum absolute atomic E-state index is 12.3. The summed E-state index contributed by atoms with van der Waals surface area (Å²) in [5.74, 6) is -0.307. The van der Waals surface area contributed by atoms with E-state index < -0.39 is 11.9 Å². The molecule has 1 amide bonds. The first kappa shape index (κ1) is 15.4. The maximum atomic E-state index is 12.3. The predicted molar refractivity (Wildman–Crippen MR) is 78.2 cm³/mol. The Kier molecular flexibility index (Phi) is 4.83. The second-order valence-electron chi connectivity index (χ2n) is 5.70. The van der Waals surface area contributed by atoms with Gasteiger partial charge < -0.3 is 14.7 Å². The first-order valence-electron chi connectivity index (χ1n) is 7.13. The van der Waals surface area contributed by atoms with Gasteiger partial charge >= 0.3 is 5.97 Å². The van der Waals surface area contributed by atoms with Crippen molar-refractivity contribution in [2.75, 3.05) is 20.2 Å². The number of carbonyl (C=O) groups is 2. The number of methoxy groups -OCH3 is 1. The molecule has 1 aliphatic rings. The molecule has 5 heteroatoms. The van der Waals surface area contributed by atoms with E-state index in [1.165, 1.54) is 0 Å². The Hall–Kier alpha value is -2.04. The van der Waals surface area contributed by atoms with Crippen LogP contribution in [-0.4, -0.2) is 42.1 Å². The normalized spacial score (nSPS) is 21.9. The average Bonchev–Trinajstić information content (AvgIpc) is 2.47. The minimum atomic E-state index is -0.816. The van der Waals surface area contributed by atoms with E-state index >= 15 is 0 Å². The molecule has 1 heterocycles. The molecule has 0 aliphatic carbocycles. The number of aliphatic carboxylic acids is 1. The molecule has 1 N–H and O–H groups in total. The average molecular weight is 291 g/mol. The van der Waals surface area contributed by atoms with Gasteiger partial charge in [0.05, 0.1) is 19.4 Å². The highest BCUT2D eigenvalue weighted by Gasteiger charge is 2.31. The zero-order valence-corrected chi connectivity index (χ0v) is 12.4. The summed E-state index contributed by atoms with van der Waals surface area (Å²) in [5.41, 5.74) is 0.908. The van der Waals surface area contributed by atoms with Gasteiger partial charge in [0.25, 0.3) is 0 Å². The van der Waals surface area contributed by atoms with E-state index in [1.54, 1.807) is 12.0 Å². The van der Waals surface area contributed by atoms with Gasteiger partial charge in [-0.3, -0.25) is 9.59 Å². The summed E-state index contributed by atoms with van der Waals surface area (Å²) in [4.78, 5) is 25.2. The molecule has 114 valence electrons. The molecule has 1 aromatic carbocycles. The van der Waals surface area contributed by atoms with E-state index in [0.717, 1.165) is 11.3 Å². The lowest BCUT2D eigenvalue weighted by Gasteiger charge is -2.34. The van der Waals surface area contributed by atoms with Crippen molar-refractivity contribution in [1.29, 1.82) is 0 Å². The van der Waals surface area contributed by atoms with Crippen LogP contribution in [0, 0.1) is 11.8 Å². The highest BCUT2D eigenvalue weighted by Crippen LogP contribution is 2.22. The van der Waals surface area contributed by atoms with Crippen molar-refractivity contribution in [3.63, 3.8) is 0 Å². The number of rotatable bonds is 4. The van der Waals surface area contributed by atoms with Gasteiger partial charge in [-0.2, -0.15) is 0 Å². The number of benzene rings is 1. The fourth-order valence-electron chi connectivity index (χ4n) is 2.76. The van der Waals surface area contributed by atoms with E-state index in [0.29, 0.717) is 25.9 Å². The van der Waals surface area contributed by atoms with Crippen molar-refractivity contribution in [2.45, 2.75) is 19.8 Å². The number of nitrogens with zero attached hydrogens (tertiary/aromatic N) is 1. The topological polar surface area (TPSA) is 66.8 Å². The highest BCUT2D eigenvalue weighted by atomic mass is 16.5. The maximum Gasteiger partial charge on any atom is 0.308 e. The molecule has 21 heavy (non-hydrogen) atoms. The molecule has 0 radical (unpaired) electrons. The minimum absolute atomic E-state index is 0.0158. The lowest BCUT2D eigenvalue weighted by molar-refractivity contribution is -0.146. The molecule has 1 fully saturated rings. The van der Waals surface area contributed by atoms with Crippen molar-refractivity contribution in [1.82, 2.24) is 4.90 Å². The zero-order valence-electron chi connectivity index (χ0n) is 12.4. The third-order valence-electron chi connectivity index (χ3n) is 3.88. The smallest absolute Gasteiger partial charge is 0.308 e. The molecule has 0 aromatic heterocycles. The fraction of sp³-hybridized carbons (Fsp3) is 0.500. The second-order valence-corrected chi connectivity index (χ2v) is 5.70. The predicted octanol–water partition coefficient (Wildman–Crippen LogP) is 1.81. The van der Waals surface area contributed by atoms with Gasteiger partial charge in [-0.05, 0) is 30.0 Å². The Morgan fingerprint density at radius 3 is 2.52 bits per heavy atom. The molecule has 2 rings (SSSR count). The van der Waals surface area contributed by atoms with Gasteiger partial charge in [-0.1, -0.05) is 19.1 Å². The fourth-order valence-corrected chi connectivity index (χ4v) is 2.76. The summed E-state index contributed by atoms with van der Waals surface area (Å²) >= 11 is 0. The molecular weight excluding hydrogens is 270 g/mol. The Morgan fingerprint density at radius 2 is 1.95 bits per heavy atom. The van der Waals surface area contributed by atoms with Crippen LogP contribution in [0.5, 0.6) is 5.75 Å². The second kappa shape index (κ2) is 6.61. The Bertz CT molecular complexity index is 512. The lowest BCUT2D eigenvalue weighted by atomic mass is 9.90. The van der Waals surface area contributed by atoms with Crippen LogP contribution in [0.2, 0.25) is 0 Å². The number of likely N-dealkylation sites (tertiary alicyclic amines) is 1. The van der Waals surface area contributed by atoms with Gasteiger partial charge in [0.2, 0.25) is 5.91 Å². The van der Waals surface area contributed by atoms with Crippen molar-refractivity contribution in [3.8, 4) is 5.75 Å². The standard InChI is InChI=1S/C16H21NO4/c1-11-7-13(16(19)20)10-17(9-11)15(18)8-12-3-5-14(21-2)6-4-12/h3-6,11,13H,7-10H2,1-2H3,(H,19,20). The Balaban J connectivity index is 1.99. The van der Waals surface area contributed by atoms with Crippen LogP contribution in [0.4, 0.5) is 0 Å². The molecule has 1 saturated heterocycles. The molecule has 5 nitrogen and oxygen atoms in total. The molecule has 2 atom stereocenters. The molecule has 0 bridgehead atoms. The van der Waals surface area contributed by atoms with E-state index in [4.69, 9.17) is 9.84 Å². The Morgan fingerprint density at radius 1 is 1.29 bits per heavy atom. The summed E-state index contributed by atoms with van der Waals surface area (Å²) in [6.07, 6.45) is 0.935. The van der Waals surface area contributed by atoms with E-state index in [1.807, 2.05) is 31.2 Å². The molecule has 0 spiro atoms. The summed E-state index contributed by atoms with van der Waals surface area (Å²) in [7, 11) is 1.60. The van der Waals surface area contributed by atoms with Gasteiger partial charge in [0, 0.05) is 13.1 Å². The third kappa shape index (κ3) is 3.97. The van der Waals surface area contributed by atoms with Gasteiger partial charge in [-0.25, -0.2) is 0 Å². The van der Waals surface area contributed by atoms with Crippen LogP contribution < -0.4 is 4.74 Å². The van der Waals surface area contributed by atoms with Gasteiger partial charge in [-0.15, -0.1) is 0 Å². The van der Waals surface area contributed by atoms with E-state index in [-0.39, 0.29) is 11.8 Å². The van der Waals surface area contributed by atoms with Crippen molar-refractivity contribution in [2.24, 2.45) is 11.8 Å². The van der Waals surface area contributed by atoms with E-state index in [2.05, 4.69) is 0 Å². The van der Waals surface area contributed by atoms with Gasteiger partial charge in [0.15, 0.2) is 0 Å².